The van der Waals surface area contributed by atoms with Crippen LogP contribution < -0.4 is 10.6 Å². The molecule has 6 nitrogen and oxygen atoms in total. The lowest BCUT2D eigenvalue weighted by atomic mass is 10.1. The molecule has 1 saturated heterocycles. The van der Waals surface area contributed by atoms with Crippen LogP contribution in [0.2, 0.25) is 0 Å². The quantitative estimate of drug-likeness (QED) is 0.817. The van der Waals surface area contributed by atoms with E-state index in [4.69, 9.17) is 0 Å². The third kappa shape index (κ3) is 2.52. The number of aromatic nitrogens is 2. The molecule has 0 spiro atoms. The van der Waals surface area contributed by atoms with E-state index in [-0.39, 0.29) is 11.9 Å². The topological polar surface area (TPSA) is 61.7 Å². The summed E-state index contributed by atoms with van der Waals surface area (Å²) < 4.78 is 2.01. The first-order valence-electron chi connectivity index (χ1n) is 6.87. The second-order valence-electron chi connectivity index (χ2n) is 5.00. The highest BCUT2D eigenvalue weighted by Gasteiger charge is 2.28. The van der Waals surface area contributed by atoms with Crippen LogP contribution in [0.25, 0.3) is 5.65 Å². The van der Waals surface area contributed by atoms with E-state index in [1.165, 1.54) is 0 Å². The number of carbonyl (C=O) groups is 1. The lowest BCUT2D eigenvalue weighted by Crippen LogP contribution is -2.56. The van der Waals surface area contributed by atoms with Gasteiger partial charge in [0.2, 0.25) is 5.91 Å². The fraction of sp³-hybridized carbons (Fsp3) is 0.429. The Morgan fingerprint density at radius 3 is 3.25 bits per heavy atom. The highest BCUT2D eigenvalue weighted by atomic mass is 16.2. The molecule has 1 unspecified atom stereocenters. The van der Waals surface area contributed by atoms with Crippen molar-refractivity contribution in [1.82, 2.24) is 24.9 Å². The predicted molar refractivity (Wildman–Crippen MR) is 76.3 cm³/mol. The van der Waals surface area contributed by atoms with Crippen LogP contribution in [0.15, 0.2) is 30.6 Å². The van der Waals surface area contributed by atoms with Gasteiger partial charge in [-0.15, -0.1) is 0 Å². The molecule has 1 amide bonds. The van der Waals surface area contributed by atoms with Crippen molar-refractivity contribution in [2.24, 2.45) is 0 Å². The molecule has 1 aliphatic heterocycles. The van der Waals surface area contributed by atoms with Gasteiger partial charge >= 0.3 is 0 Å². The van der Waals surface area contributed by atoms with Gasteiger partial charge < -0.3 is 15.0 Å². The molecule has 3 rings (SSSR count). The highest BCUT2D eigenvalue weighted by Crippen LogP contribution is 2.11. The van der Waals surface area contributed by atoms with E-state index < -0.39 is 0 Å². The van der Waals surface area contributed by atoms with Crippen molar-refractivity contribution in [3.05, 3.63) is 36.3 Å². The fourth-order valence-corrected chi connectivity index (χ4v) is 2.63. The summed E-state index contributed by atoms with van der Waals surface area (Å²) in [6.45, 7) is 3.14. The number of fused-ring (bicyclic) bond motifs is 1. The second-order valence-corrected chi connectivity index (χ2v) is 5.00. The minimum absolute atomic E-state index is 0.0564. The van der Waals surface area contributed by atoms with E-state index in [1.807, 2.05) is 35.0 Å². The number of amides is 1. The van der Waals surface area contributed by atoms with Gasteiger partial charge in [-0.2, -0.15) is 0 Å². The van der Waals surface area contributed by atoms with Crippen molar-refractivity contribution >= 4 is 11.6 Å². The van der Waals surface area contributed by atoms with Crippen molar-refractivity contribution < 1.29 is 4.79 Å². The van der Waals surface area contributed by atoms with E-state index in [9.17, 15) is 4.79 Å². The van der Waals surface area contributed by atoms with Gasteiger partial charge in [-0.1, -0.05) is 6.07 Å². The minimum Gasteiger partial charge on any atom is -0.358 e. The van der Waals surface area contributed by atoms with Gasteiger partial charge in [-0.25, -0.2) is 4.98 Å². The Bertz CT molecular complexity index is 575. The second kappa shape index (κ2) is 5.60. The first-order valence-corrected chi connectivity index (χ1v) is 6.87. The average molecular weight is 273 g/mol. The molecule has 1 aliphatic rings. The zero-order valence-electron chi connectivity index (χ0n) is 11.5. The monoisotopic (exact) mass is 273 g/mol. The first kappa shape index (κ1) is 13.1. The van der Waals surface area contributed by atoms with Crippen molar-refractivity contribution in [3.63, 3.8) is 0 Å². The number of hydrogen-bond donors (Lipinski definition) is 2. The zero-order valence-corrected chi connectivity index (χ0v) is 11.5. The summed E-state index contributed by atoms with van der Waals surface area (Å²) in [5, 5.41) is 6.00. The highest BCUT2D eigenvalue weighted by molar-refractivity contribution is 5.81. The summed E-state index contributed by atoms with van der Waals surface area (Å²) in [7, 11) is 1.68. The van der Waals surface area contributed by atoms with Gasteiger partial charge in [0.1, 0.15) is 11.7 Å². The summed E-state index contributed by atoms with van der Waals surface area (Å²) in [5.74, 6) is 0.0564. The smallest absolute Gasteiger partial charge is 0.238 e. The van der Waals surface area contributed by atoms with Gasteiger partial charge in [0.05, 0.1) is 5.69 Å². The van der Waals surface area contributed by atoms with Gasteiger partial charge in [0.15, 0.2) is 0 Å². The standard InChI is InChI=1S/C14H19N5O/c1-15-14(20)12-8-16-5-7-18(12)9-11-10-19-6-3-2-4-13(19)17-11/h2-4,6,10,12,16H,5,7-9H2,1H3,(H,15,20). The van der Waals surface area contributed by atoms with E-state index in [1.54, 1.807) is 7.05 Å². The number of carbonyl (C=O) groups excluding carboxylic acids is 1. The number of rotatable bonds is 3. The molecular weight excluding hydrogens is 254 g/mol. The molecule has 0 aromatic carbocycles. The summed E-state index contributed by atoms with van der Waals surface area (Å²) in [4.78, 5) is 18.7. The van der Waals surface area contributed by atoms with E-state index >= 15 is 0 Å². The van der Waals surface area contributed by atoms with Crippen LogP contribution >= 0.6 is 0 Å². The number of imidazole rings is 1. The molecular formula is C14H19N5O. The third-order valence-corrected chi connectivity index (χ3v) is 3.68. The van der Waals surface area contributed by atoms with Crippen LogP contribution in [0.3, 0.4) is 0 Å². The Morgan fingerprint density at radius 2 is 2.45 bits per heavy atom. The van der Waals surface area contributed by atoms with Crippen LogP contribution in [0.4, 0.5) is 0 Å². The van der Waals surface area contributed by atoms with Crippen molar-refractivity contribution in [2.75, 3.05) is 26.7 Å². The molecule has 0 saturated carbocycles. The Balaban J connectivity index is 1.79. The number of piperazine rings is 1. The summed E-state index contributed by atoms with van der Waals surface area (Å²) in [6.07, 6.45) is 4.01. The fourth-order valence-electron chi connectivity index (χ4n) is 2.63. The number of pyridine rings is 1. The van der Waals surface area contributed by atoms with Gasteiger partial charge in [-0.05, 0) is 12.1 Å². The molecule has 0 aliphatic carbocycles. The normalized spacial score (nSPS) is 20.1. The SMILES string of the molecule is CNC(=O)C1CNCCN1Cc1cn2ccccc2n1. The third-order valence-electron chi connectivity index (χ3n) is 3.68. The number of hydrogen-bond acceptors (Lipinski definition) is 4. The molecule has 1 atom stereocenters. The Morgan fingerprint density at radius 1 is 1.55 bits per heavy atom. The van der Waals surface area contributed by atoms with Crippen molar-refractivity contribution in [3.8, 4) is 0 Å². The Hall–Kier alpha value is -1.92. The molecule has 0 bridgehead atoms. The Kier molecular flexibility index (Phi) is 3.66. The van der Waals surface area contributed by atoms with Crippen molar-refractivity contribution in [2.45, 2.75) is 12.6 Å². The maximum Gasteiger partial charge on any atom is 0.238 e. The maximum absolute atomic E-state index is 11.9. The van der Waals surface area contributed by atoms with Crippen LogP contribution in [0.1, 0.15) is 5.69 Å². The van der Waals surface area contributed by atoms with Crippen molar-refractivity contribution in [1.29, 1.82) is 0 Å². The number of likely N-dealkylation sites (N-methyl/N-ethyl adjacent to an activating group) is 1. The molecule has 3 heterocycles. The summed E-state index contributed by atoms with van der Waals surface area (Å²) >= 11 is 0. The molecule has 20 heavy (non-hydrogen) atoms. The minimum atomic E-state index is -0.126. The van der Waals surface area contributed by atoms with Crippen LogP contribution in [0.5, 0.6) is 0 Å². The van der Waals surface area contributed by atoms with E-state index in [0.29, 0.717) is 13.1 Å². The van der Waals surface area contributed by atoms with Crippen LogP contribution in [0, 0.1) is 0 Å². The Labute approximate surface area is 117 Å². The predicted octanol–water partition coefficient (Wildman–Crippen LogP) is -0.146. The van der Waals surface area contributed by atoms with Gasteiger partial charge in [0, 0.05) is 45.6 Å². The van der Waals surface area contributed by atoms with Gasteiger partial charge in [-0.3, -0.25) is 9.69 Å². The lowest BCUT2D eigenvalue weighted by molar-refractivity contribution is -0.126. The van der Waals surface area contributed by atoms with Gasteiger partial charge in [0.25, 0.3) is 0 Å². The summed E-state index contributed by atoms with van der Waals surface area (Å²) in [6, 6.07) is 5.82. The molecule has 2 N–H and O–H groups in total. The number of nitrogens with one attached hydrogen (secondary N) is 2. The molecule has 2 aromatic rings. The van der Waals surface area contributed by atoms with Crippen LogP contribution in [-0.2, 0) is 11.3 Å². The molecule has 2 aromatic heterocycles. The lowest BCUT2D eigenvalue weighted by Gasteiger charge is -2.34. The maximum atomic E-state index is 11.9. The first-order chi connectivity index (χ1) is 9.78. The number of nitrogens with zero attached hydrogens (tertiary/aromatic N) is 3. The average Bonchev–Trinajstić information content (AvgIpc) is 2.89. The van der Waals surface area contributed by atoms with E-state index in [2.05, 4.69) is 20.5 Å². The molecule has 0 radical (unpaired) electrons. The molecule has 1 fully saturated rings. The summed E-state index contributed by atoms with van der Waals surface area (Å²) in [5.41, 5.74) is 1.93. The van der Waals surface area contributed by atoms with E-state index in [0.717, 1.165) is 24.4 Å². The van der Waals surface area contributed by atoms with Crippen LogP contribution in [-0.4, -0.2) is 52.9 Å². The zero-order chi connectivity index (χ0) is 13.9. The molecule has 6 heteroatoms. The largest absolute Gasteiger partial charge is 0.358 e. The molecule has 106 valence electrons.